The quantitative estimate of drug-likeness (QED) is 0.799. The van der Waals surface area contributed by atoms with Crippen LogP contribution in [-0.4, -0.2) is 48.8 Å². The number of benzene rings is 1. The van der Waals surface area contributed by atoms with Gasteiger partial charge in [0.25, 0.3) is 0 Å². The van der Waals surface area contributed by atoms with Crippen LogP contribution in [0.25, 0.3) is 0 Å². The van der Waals surface area contributed by atoms with E-state index in [1.165, 1.54) is 6.08 Å². The van der Waals surface area contributed by atoms with E-state index in [1.807, 2.05) is 0 Å². The van der Waals surface area contributed by atoms with Crippen molar-refractivity contribution in [3.8, 4) is 11.5 Å². The van der Waals surface area contributed by atoms with Crippen LogP contribution in [0.2, 0.25) is 0 Å². The molecule has 1 saturated heterocycles. The van der Waals surface area contributed by atoms with Gasteiger partial charge in [-0.3, -0.25) is 0 Å². The molecule has 4 aliphatic rings. The van der Waals surface area contributed by atoms with Crippen molar-refractivity contribution in [2.75, 3.05) is 20.6 Å². The van der Waals surface area contributed by atoms with Gasteiger partial charge in [0, 0.05) is 28.4 Å². The van der Waals surface area contributed by atoms with Gasteiger partial charge >= 0.3 is 0 Å². The summed E-state index contributed by atoms with van der Waals surface area (Å²) in [6, 6.07) is -2.46. The third-order valence-electron chi connectivity index (χ3n) is 5.56. The molecular formula is C18H21NO3. The van der Waals surface area contributed by atoms with Gasteiger partial charge in [0.2, 0.25) is 0 Å². The first-order valence-corrected chi connectivity index (χ1v) is 7.38. The minimum absolute atomic E-state index is 0.00857. The number of aliphatic hydroxyl groups is 1. The Bertz CT molecular complexity index is 1010. The van der Waals surface area contributed by atoms with Crippen molar-refractivity contribution < 1.29 is 26.9 Å². The molecule has 2 aliphatic carbocycles. The molecule has 4 heteroatoms. The minimum Gasteiger partial charge on any atom is -0.493 e. The molecule has 22 heavy (non-hydrogen) atoms. The van der Waals surface area contributed by atoms with Gasteiger partial charge in [-0.05, 0) is 38.0 Å². The minimum atomic E-state index is -2.88. The second-order valence-electron chi connectivity index (χ2n) is 6.37. The molecule has 1 spiro atoms. The lowest BCUT2D eigenvalue weighted by Gasteiger charge is -2.56. The zero-order valence-electron chi connectivity index (χ0n) is 20.7. The smallest absolute Gasteiger partial charge is 0.165 e. The van der Waals surface area contributed by atoms with Gasteiger partial charge in [0.05, 0.1) is 13.9 Å². The summed E-state index contributed by atoms with van der Waals surface area (Å²) >= 11 is 0. The summed E-state index contributed by atoms with van der Waals surface area (Å²) < 4.78 is 83.6. The molecule has 0 amide bonds. The van der Waals surface area contributed by atoms with Crippen LogP contribution in [0.5, 0.6) is 11.5 Å². The summed E-state index contributed by atoms with van der Waals surface area (Å²) in [4.78, 5) is 1.14. The zero-order chi connectivity index (χ0) is 22.7. The van der Waals surface area contributed by atoms with Crippen molar-refractivity contribution in [1.29, 1.82) is 0 Å². The van der Waals surface area contributed by atoms with Gasteiger partial charge in [0.1, 0.15) is 12.2 Å². The number of likely N-dealkylation sites (tertiary alicyclic amines) is 1. The van der Waals surface area contributed by atoms with Gasteiger partial charge in [-0.1, -0.05) is 18.2 Å². The van der Waals surface area contributed by atoms with Crippen LogP contribution >= 0.6 is 0 Å². The van der Waals surface area contributed by atoms with Crippen molar-refractivity contribution in [3.63, 3.8) is 0 Å². The van der Waals surface area contributed by atoms with Crippen LogP contribution in [0.3, 0.4) is 0 Å². The first-order chi connectivity index (χ1) is 14.2. The number of hydrogen-bond donors (Lipinski definition) is 1. The van der Waals surface area contributed by atoms with Crippen LogP contribution in [-0.2, 0) is 11.8 Å². The van der Waals surface area contributed by atoms with E-state index >= 15 is 0 Å². The average molecular weight is 308 g/mol. The van der Waals surface area contributed by atoms with Crippen LogP contribution < -0.4 is 9.47 Å². The third-order valence-corrected chi connectivity index (χ3v) is 5.56. The monoisotopic (exact) mass is 308 g/mol. The maximum atomic E-state index is 10.7. The summed E-state index contributed by atoms with van der Waals surface area (Å²) in [6.07, 6.45) is 1.23. The molecule has 0 aromatic heterocycles. The molecule has 4 nitrogen and oxygen atoms in total. The largest absolute Gasteiger partial charge is 0.493 e. The van der Waals surface area contributed by atoms with Crippen molar-refractivity contribution in [1.82, 2.24) is 4.90 Å². The van der Waals surface area contributed by atoms with E-state index in [4.69, 9.17) is 20.4 Å². The Hall–Kier alpha value is -1.52. The topological polar surface area (TPSA) is 41.9 Å². The fourth-order valence-corrected chi connectivity index (χ4v) is 4.72. The Labute approximate surface area is 143 Å². The summed E-state index contributed by atoms with van der Waals surface area (Å²) in [5.41, 5.74) is -0.265. The van der Waals surface area contributed by atoms with Crippen molar-refractivity contribution in [2.24, 2.45) is 5.92 Å². The Balaban J connectivity index is 1.82. The van der Waals surface area contributed by atoms with Crippen molar-refractivity contribution in [3.05, 3.63) is 35.4 Å². The summed E-state index contributed by atoms with van der Waals surface area (Å²) in [6.45, 7) is -2.50. The molecule has 116 valence electrons. The molecule has 2 heterocycles. The fraction of sp³-hybridized carbons (Fsp3) is 0.556. The maximum absolute atomic E-state index is 10.7. The number of rotatable bonds is 1. The lowest BCUT2D eigenvalue weighted by atomic mass is 9.53. The number of likely N-dealkylation sites (N-methyl/N-ethyl adjacent to an activating group) is 1. The Morgan fingerprint density at radius 2 is 2.50 bits per heavy atom. The molecule has 1 N–H and O–H groups in total. The number of piperidine rings is 1. The highest BCUT2D eigenvalue weighted by Crippen LogP contribution is 2.62. The highest BCUT2D eigenvalue weighted by Gasteiger charge is 2.64. The van der Waals surface area contributed by atoms with Crippen LogP contribution in [0.15, 0.2) is 24.2 Å². The summed E-state index contributed by atoms with van der Waals surface area (Å²) in [5, 5.41) is 10.7. The standard InChI is InChI=1S/C18H21NO3/c1-19-8-7-18-11-4-5-13(20)17(18)22-16-14(21-2)6-3-10(15(16)18)9-12(11)19/h3-6,11-13,17,20H,7-9H2,1-2H3/t11-,12+,13?,17?,18-/m0/s1/i1D3,2D3,3D,6D,12D. The molecule has 1 fully saturated rings. The predicted molar refractivity (Wildman–Crippen MR) is 82.5 cm³/mol. The van der Waals surface area contributed by atoms with Gasteiger partial charge < -0.3 is 19.5 Å². The van der Waals surface area contributed by atoms with Crippen LogP contribution in [0, 0.1) is 5.92 Å². The van der Waals surface area contributed by atoms with Gasteiger partial charge in [0.15, 0.2) is 11.5 Å². The lowest BCUT2D eigenvalue weighted by molar-refractivity contribution is -0.0453. The molecule has 0 saturated carbocycles. The molecular weight excluding hydrogens is 278 g/mol. The maximum Gasteiger partial charge on any atom is 0.165 e. The Morgan fingerprint density at radius 3 is 3.36 bits per heavy atom. The van der Waals surface area contributed by atoms with Crippen LogP contribution in [0.1, 0.15) is 29.9 Å². The van der Waals surface area contributed by atoms with E-state index < -0.39 is 49.6 Å². The second kappa shape index (κ2) is 4.06. The first-order valence-electron chi connectivity index (χ1n) is 11.9. The van der Waals surface area contributed by atoms with E-state index in [0.29, 0.717) is 5.56 Å². The average Bonchev–Trinajstić information content (AvgIpc) is 2.95. The summed E-state index contributed by atoms with van der Waals surface area (Å²) in [7, 11) is -2.88. The molecule has 2 aliphatic heterocycles. The number of nitrogens with zero attached hydrogens (tertiary/aromatic N) is 1. The molecule has 5 atom stereocenters. The zero-order valence-corrected chi connectivity index (χ0v) is 11.7. The van der Waals surface area contributed by atoms with E-state index in [2.05, 4.69) is 0 Å². The summed E-state index contributed by atoms with van der Waals surface area (Å²) in [5.74, 6) is -1.05. The van der Waals surface area contributed by atoms with Gasteiger partial charge in [-0.2, -0.15) is 0 Å². The molecule has 5 rings (SSSR count). The van der Waals surface area contributed by atoms with Gasteiger partial charge in [-0.25, -0.2) is 0 Å². The molecule has 2 unspecified atom stereocenters. The lowest BCUT2D eigenvalue weighted by Crippen LogP contribution is -2.64. The highest BCUT2D eigenvalue weighted by molar-refractivity contribution is 5.62. The van der Waals surface area contributed by atoms with Crippen molar-refractivity contribution >= 4 is 0 Å². The third kappa shape index (κ3) is 1.28. The van der Waals surface area contributed by atoms with Crippen LogP contribution in [0.4, 0.5) is 0 Å². The highest BCUT2D eigenvalue weighted by atomic mass is 16.5. The van der Waals surface area contributed by atoms with E-state index in [0.717, 1.165) is 4.90 Å². The van der Waals surface area contributed by atoms with E-state index in [1.54, 1.807) is 6.08 Å². The molecule has 1 aromatic carbocycles. The fourth-order valence-electron chi connectivity index (χ4n) is 4.72. The SMILES string of the molecule is [2H]c1c([2H])c(OC([2H])([2H])[2H])c2c3c1C[C@]1([2H])[C@@H]4C=CC(O)C(O2)[C@]34CCN1C([2H])([2H])[2H]. The first kappa shape index (κ1) is 6.93. The van der Waals surface area contributed by atoms with E-state index in [-0.39, 0.29) is 42.5 Å². The number of aliphatic hydroxyl groups excluding tert-OH is 1. The number of methoxy groups -OCH3 is 1. The molecule has 0 radical (unpaired) electrons. The van der Waals surface area contributed by atoms with Gasteiger partial charge in [-0.15, -0.1) is 0 Å². The van der Waals surface area contributed by atoms with E-state index in [9.17, 15) is 6.48 Å². The van der Waals surface area contributed by atoms with Crippen molar-refractivity contribution in [2.45, 2.75) is 36.5 Å². The second-order valence-corrected chi connectivity index (χ2v) is 6.37. The molecule has 1 aromatic rings. The Morgan fingerprint density at radius 1 is 1.55 bits per heavy atom. The Kier molecular flexibility index (Phi) is 1.28. The normalized spacial score (nSPS) is 51.5. The number of ether oxygens (including phenoxy) is 2. The molecule has 2 bridgehead atoms. The predicted octanol–water partition coefficient (Wildman–Crippen LogP) is 1.50. The number of hydrogen-bond acceptors (Lipinski definition) is 4.